The SMILES string of the molecule is CCC(C)c1nocc1C(N)=O. The number of hydrogen-bond donors (Lipinski definition) is 1. The van der Waals surface area contributed by atoms with Gasteiger partial charge in [0.25, 0.3) is 5.91 Å². The molecule has 4 nitrogen and oxygen atoms in total. The van der Waals surface area contributed by atoms with Crippen LogP contribution in [0.4, 0.5) is 0 Å². The smallest absolute Gasteiger partial charge is 0.253 e. The number of aromatic nitrogens is 1. The monoisotopic (exact) mass is 168 g/mol. The first-order valence-electron chi connectivity index (χ1n) is 3.90. The Morgan fingerprint density at radius 1 is 1.83 bits per heavy atom. The quantitative estimate of drug-likeness (QED) is 0.739. The molecule has 0 aliphatic rings. The summed E-state index contributed by atoms with van der Waals surface area (Å²) in [6.07, 6.45) is 2.20. The molecule has 4 heteroatoms. The van der Waals surface area contributed by atoms with Gasteiger partial charge in [0, 0.05) is 5.92 Å². The third kappa shape index (κ3) is 1.47. The Bertz CT molecular complexity index is 280. The second kappa shape index (κ2) is 3.38. The minimum absolute atomic E-state index is 0.214. The molecule has 0 aromatic carbocycles. The van der Waals surface area contributed by atoms with Crippen LogP contribution in [0.15, 0.2) is 10.8 Å². The first-order chi connectivity index (χ1) is 5.66. The Kier molecular flexibility index (Phi) is 2.47. The summed E-state index contributed by atoms with van der Waals surface area (Å²) in [7, 11) is 0. The first-order valence-corrected chi connectivity index (χ1v) is 3.90. The largest absolute Gasteiger partial charge is 0.365 e. The van der Waals surface area contributed by atoms with Gasteiger partial charge in [0.2, 0.25) is 0 Å². The summed E-state index contributed by atoms with van der Waals surface area (Å²) in [6.45, 7) is 3.99. The molecule has 0 aliphatic heterocycles. The molecule has 2 N–H and O–H groups in total. The van der Waals surface area contributed by atoms with E-state index in [9.17, 15) is 4.79 Å². The Hall–Kier alpha value is -1.32. The Morgan fingerprint density at radius 2 is 2.50 bits per heavy atom. The molecule has 0 bridgehead atoms. The van der Waals surface area contributed by atoms with Crippen molar-refractivity contribution in [3.8, 4) is 0 Å². The lowest BCUT2D eigenvalue weighted by Crippen LogP contribution is -2.13. The number of rotatable bonds is 3. The fourth-order valence-corrected chi connectivity index (χ4v) is 0.978. The van der Waals surface area contributed by atoms with Crippen LogP contribution in [0, 0.1) is 0 Å². The van der Waals surface area contributed by atoms with Gasteiger partial charge in [0.1, 0.15) is 11.8 Å². The zero-order valence-corrected chi connectivity index (χ0v) is 7.20. The van der Waals surface area contributed by atoms with Gasteiger partial charge in [-0.15, -0.1) is 0 Å². The van der Waals surface area contributed by atoms with E-state index < -0.39 is 5.91 Å². The number of amides is 1. The zero-order chi connectivity index (χ0) is 9.14. The molecule has 1 heterocycles. The highest BCUT2D eigenvalue weighted by molar-refractivity contribution is 5.93. The third-order valence-electron chi connectivity index (χ3n) is 1.94. The minimum Gasteiger partial charge on any atom is -0.365 e. The van der Waals surface area contributed by atoms with Crippen LogP contribution in [0.1, 0.15) is 42.2 Å². The number of primary amides is 1. The summed E-state index contributed by atoms with van der Waals surface area (Å²) < 4.78 is 4.68. The lowest BCUT2D eigenvalue weighted by atomic mass is 10.0. The standard InChI is InChI=1S/C8H12N2O2/c1-3-5(2)7-6(8(9)11)4-12-10-7/h4-5H,3H2,1-2H3,(H2,9,11). The van der Waals surface area contributed by atoms with Crippen molar-refractivity contribution in [1.29, 1.82) is 0 Å². The van der Waals surface area contributed by atoms with Crippen molar-refractivity contribution in [3.63, 3.8) is 0 Å². The molecule has 0 spiro atoms. The molecule has 1 atom stereocenters. The van der Waals surface area contributed by atoms with Crippen molar-refractivity contribution in [2.75, 3.05) is 0 Å². The van der Waals surface area contributed by atoms with Gasteiger partial charge in [-0.1, -0.05) is 19.0 Å². The second-order valence-corrected chi connectivity index (χ2v) is 2.79. The van der Waals surface area contributed by atoms with Gasteiger partial charge in [-0.3, -0.25) is 4.79 Å². The van der Waals surface area contributed by atoms with Crippen LogP contribution in [-0.2, 0) is 0 Å². The van der Waals surface area contributed by atoms with E-state index in [0.717, 1.165) is 6.42 Å². The summed E-state index contributed by atoms with van der Waals surface area (Å²) in [5.41, 5.74) is 6.16. The lowest BCUT2D eigenvalue weighted by Gasteiger charge is -2.03. The number of nitrogens with zero attached hydrogens (tertiary/aromatic N) is 1. The van der Waals surface area contributed by atoms with Gasteiger partial charge in [-0.05, 0) is 6.42 Å². The van der Waals surface area contributed by atoms with Crippen LogP contribution in [0.5, 0.6) is 0 Å². The van der Waals surface area contributed by atoms with E-state index in [2.05, 4.69) is 9.68 Å². The van der Waals surface area contributed by atoms with E-state index in [1.165, 1.54) is 6.26 Å². The van der Waals surface area contributed by atoms with Crippen molar-refractivity contribution in [3.05, 3.63) is 17.5 Å². The highest BCUT2D eigenvalue weighted by atomic mass is 16.5. The molecule has 0 radical (unpaired) electrons. The molecule has 12 heavy (non-hydrogen) atoms. The van der Waals surface area contributed by atoms with E-state index in [-0.39, 0.29) is 5.92 Å². The molecule has 1 rings (SSSR count). The van der Waals surface area contributed by atoms with Crippen LogP contribution in [0.3, 0.4) is 0 Å². The van der Waals surface area contributed by atoms with Gasteiger partial charge in [0.05, 0.1) is 5.69 Å². The third-order valence-corrected chi connectivity index (χ3v) is 1.94. The number of carbonyl (C=O) groups excluding carboxylic acids is 1. The maximum Gasteiger partial charge on any atom is 0.253 e. The second-order valence-electron chi connectivity index (χ2n) is 2.79. The van der Waals surface area contributed by atoms with Gasteiger partial charge < -0.3 is 10.3 Å². The van der Waals surface area contributed by atoms with E-state index in [4.69, 9.17) is 5.73 Å². The highest BCUT2D eigenvalue weighted by Crippen LogP contribution is 2.20. The number of carbonyl (C=O) groups is 1. The summed E-state index contributed by atoms with van der Waals surface area (Å²) in [6, 6.07) is 0. The average molecular weight is 168 g/mol. The molecule has 0 aliphatic carbocycles. The molecular weight excluding hydrogens is 156 g/mol. The predicted molar refractivity (Wildman–Crippen MR) is 43.7 cm³/mol. The fraction of sp³-hybridized carbons (Fsp3) is 0.500. The zero-order valence-electron chi connectivity index (χ0n) is 7.20. The van der Waals surface area contributed by atoms with Gasteiger partial charge in [-0.2, -0.15) is 0 Å². The van der Waals surface area contributed by atoms with Gasteiger partial charge >= 0.3 is 0 Å². The Labute approximate surface area is 70.7 Å². The Balaban J connectivity index is 2.98. The first kappa shape index (κ1) is 8.77. The maximum atomic E-state index is 10.8. The molecule has 0 fully saturated rings. The van der Waals surface area contributed by atoms with E-state index >= 15 is 0 Å². The Morgan fingerprint density at radius 3 is 3.00 bits per heavy atom. The van der Waals surface area contributed by atoms with Crippen LogP contribution in [0.25, 0.3) is 0 Å². The molecule has 0 saturated carbocycles. The molecule has 1 aromatic heterocycles. The van der Waals surface area contributed by atoms with E-state index in [1.807, 2.05) is 13.8 Å². The summed E-state index contributed by atoms with van der Waals surface area (Å²) >= 11 is 0. The molecule has 1 aromatic rings. The molecular formula is C8H12N2O2. The molecule has 66 valence electrons. The molecule has 1 unspecified atom stereocenters. The number of hydrogen-bond acceptors (Lipinski definition) is 3. The minimum atomic E-state index is -0.480. The fourth-order valence-electron chi connectivity index (χ4n) is 0.978. The van der Waals surface area contributed by atoms with Crippen molar-refractivity contribution < 1.29 is 9.32 Å². The normalized spacial score (nSPS) is 12.8. The van der Waals surface area contributed by atoms with Crippen molar-refractivity contribution in [1.82, 2.24) is 5.16 Å². The van der Waals surface area contributed by atoms with Crippen LogP contribution in [0.2, 0.25) is 0 Å². The van der Waals surface area contributed by atoms with Gasteiger partial charge in [-0.25, -0.2) is 0 Å². The predicted octanol–water partition coefficient (Wildman–Crippen LogP) is 1.29. The van der Waals surface area contributed by atoms with E-state index in [0.29, 0.717) is 11.3 Å². The lowest BCUT2D eigenvalue weighted by molar-refractivity contribution is 0.0998. The highest BCUT2D eigenvalue weighted by Gasteiger charge is 2.17. The van der Waals surface area contributed by atoms with E-state index in [1.54, 1.807) is 0 Å². The van der Waals surface area contributed by atoms with Crippen molar-refractivity contribution in [2.24, 2.45) is 5.73 Å². The van der Waals surface area contributed by atoms with Gasteiger partial charge in [0.15, 0.2) is 0 Å². The summed E-state index contributed by atoms with van der Waals surface area (Å²) in [5, 5.41) is 3.73. The van der Waals surface area contributed by atoms with Crippen LogP contribution >= 0.6 is 0 Å². The maximum absolute atomic E-state index is 10.8. The summed E-state index contributed by atoms with van der Waals surface area (Å²) in [4.78, 5) is 10.8. The molecule has 1 amide bonds. The van der Waals surface area contributed by atoms with Crippen molar-refractivity contribution in [2.45, 2.75) is 26.2 Å². The van der Waals surface area contributed by atoms with Crippen LogP contribution < -0.4 is 5.73 Å². The van der Waals surface area contributed by atoms with Crippen molar-refractivity contribution >= 4 is 5.91 Å². The number of nitrogens with two attached hydrogens (primary N) is 1. The topological polar surface area (TPSA) is 69.1 Å². The summed E-state index contributed by atoms with van der Waals surface area (Å²) in [5.74, 6) is -0.266. The molecule has 0 saturated heterocycles. The average Bonchev–Trinajstić information content (AvgIpc) is 2.50. The van der Waals surface area contributed by atoms with Crippen LogP contribution in [-0.4, -0.2) is 11.1 Å².